The maximum absolute atomic E-state index is 12.4. The van der Waals surface area contributed by atoms with Crippen LogP contribution in [0.4, 0.5) is 5.69 Å². The molecule has 0 aliphatic carbocycles. The molecule has 4 nitrogen and oxygen atoms in total. The lowest BCUT2D eigenvalue weighted by Crippen LogP contribution is -2.14. The van der Waals surface area contributed by atoms with Crippen molar-refractivity contribution in [1.82, 2.24) is 0 Å². The second-order valence-corrected chi connectivity index (χ2v) is 7.08. The summed E-state index contributed by atoms with van der Waals surface area (Å²) in [5.74, 6) is 0. The molecule has 0 saturated carbocycles. The number of hydrogen-bond acceptors (Lipinski definition) is 3. The highest BCUT2D eigenvalue weighted by atomic mass is 35.5. The van der Waals surface area contributed by atoms with Crippen LogP contribution >= 0.6 is 34.8 Å². The van der Waals surface area contributed by atoms with Crippen LogP contribution in [0.25, 0.3) is 0 Å². The predicted molar refractivity (Wildman–Crippen MR) is 86.6 cm³/mol. The highest BCUT2D eigenvalue weighted by Gasteiger charge is 2.22. The maximum atomic E-state index is 12.4. The Morgan fingerprint density at radius 2 is 1.67 bits per heavy atom. The number of rotatable bonds is 4. The standard InChI is InChI=1S/C13H11Cl3N2O2S/c14-9-5-11(15)13(12(16)6-9)21(19,20)18-10-3-1-2-8(4-10)7-17/h1-6,18H,7,17H2. The van der Waals surface area contributed by atoms with E-state index >= 15 is 0 Å². The Kier molecular flexibility index (Phi) is 5.01. The maximum Gasteiger partial charge on any atom is 0.264 e. The zero-order chi connectivity index (χ0) is 15.6. The molecule has 0 radical (unpaired) electrons. The summed E-state index contributed by atoms with van der Waals surface area (Å²) in [7, 11) is -3.93. The van der Waals surface area contributed by atoms with Crippen LogP contribution in [-0.2, 0) is 16.6 Å². The summed E-state index contributed by atoms with van der Waals surface area (Å²) in [4.78, 5) is -0.214. The van der Waals surface area contributed by atoms with Crippen molar-refractivity contribution in [1.29, 1.82) is 0 Å². The van der Waals surface area contributed by atoms with Crippen LogP contribution in [0.15, 0.2) is 41.3 Å². The third-order valence-electron chi connectivity index (χ3n) is 2.65. The van der Waals surface area contributed by atoms with Crippen molar-refractivity contribution >= 4 is 50.5 Å². The van der Waals surface area contributed by atoms with Gasteiger partial charge in [-0.3, -0.25) is 4.72 Å². The van der Waals surface area contributed by atoms with Gasteiger partial charge in [0.15, 0.2) is 0 Å². The number of sulfonamides is 1. The van der Waals surface area contributed by atoms with E-state index in [4.69, 9.17) is 40.5 Å². The van der Waals surface area contributed by atoms with Gasteiger partial charge in [-0.1, -0.05) is 46.9 Å². The first-order chi connectivity index (χ1) is 9.83. The van der Waals surface area contributed by atoms with Crippen molar-refractivity contribution in [2.45, 2.75) is 11.4 Å². The fraction of sp³-hybridized carbons (Fsp3) is 0.0769. The van der Waals surface area contributed by atoms with Gasteiger partial charge in [0.2, 0.25) is 0 Å². The Hall–Kier alpha value is -0.980. The van der Waals surface area contributed by atoms with Gasteiger partial charge in [0.25, 0.3) is 10.0 Å². The second-order valence-electron chi connectivity index (χ2n) is 4.21. The van der Waals surface area contributed by atoms with Crippen LogP contribution in [0.3, 0.4) is 0 Å². The summed E-state index contributed by atoms with van der Waals surface area (Å²) in [6, 6.07) is 9.37. The molecule has 0 saturated heterocycles. The summed E-state index contributed by atoms with van der Waals surface area (Å²) in [6.45, 7) is 0.304. The Morgan fingerprint density at radius 3 is 2.24 bits per heavy atom. The van der Waals surface area contributed by atoms with Crippen molar-refractivity contribution in [2.24, 2.45) is 5.73 Å². The van der Waals surface area contributed by atoms with Gasteiger partial charge in [-0.25, -0.2) is 8.42 Å². The van der Waals surface area contributed by atoms with Gasteiger partial charge in [-0.05, 0) is 29.8 Å². The van der Waals surface area contributed by atoms with Crippen LogP contribution in [-0.4, -0.2) is 8.42 Å². The number of benzene rings is 2. The van der Waals surface area contributed by atoms with Crippen LogP contribution < -0.4 is 10.5 Å². The predicted octanol–water partition coefficient (Wildman–Crippen LogP) is 3.91. The van der Waals surface area contributed by atoms with Crippen molar-refractivity contribution in [3.63, 3.8) is 0 Å². The molecule has 21 heavy (non-hydrogen) atoms. The summed E-state index contributed by atoms with van der Waals surface area (Å²) >= 11 is 17.6. The van der Waals surface area contributed by atoms with E-state index in [-0.39, 0.29) is 20.0 Å². The average Bonchev–Trinajstić information content (AvgIpc) is 2.36. The first-order valence-corrected chi connectivity index (χ1v) is 8.41. The molecule has 0 heterocycles. The van der Waals surface area contributed by atoms with Gasteiger partial charge in [0, 0.05) is 17.3 Å². The van der Waals surface area contributed by atoms with E-state index in [1.54, 1.807) is 24.3 Å². The minimum absolute atomic E-state index is 0.0463. The molecule has 0 atom stereocenters. The van der Waals surface area contributed by atoms with Gasteiger partial charge in [-0.15, -0.1) is 0 Å². The van der Waals surface area contributed by atoms with Crippen molar-refractivity contribution in [2.75, 3.05) is 4.72 Å². The van der Waals surface area contributed by atoms with Crippen LogP contribution in [0.1, 0.15) is 5.56 Å². The molecule has 0 aliphatic heterocycles. The molecule has 2 rings (SSSR count). The topological polar surface area (TPSA) is 72.2 Å². The Labute approximate surface area is 137 Å². The minimum Gasteiger partial charge on any atom is -0.326 e. The first-order valence-electron chi connectivity index (χ1n) is 5.80. The van der Waals surface area contributed by atoms with Crippen LogP contribution in [0.5, 0.6) is 0 Å². The Bertz CT molecular complexity index is 756. The van der Waals surface area contributed by atoms with Gasteiger partial charge < -0.3 is 5.73 Å². The lowest BCUT2D eigenvalue weighted by atomic mass is 10.2. The van der Waals surface area contributed by atoms with E-state index < -0.39 is 10.0 Å². The van der Waals surface area contributed by atoms with Gasteiger partial charge >= 0.3 is 0 Å². The normalized spacial score (nSPS) is 11.4. The molecule has 0 unspecified atom stereocenters. The SMILES string of the molecule is NCc1cccc(NS(=O)(=O)c2c(Cl)cc(Cl)cc2Cl)c1. The zero-order valence-corrected chi connectivity index (χ0v) is 13.7. The smallest absolute Gasteiger partial charge is 0.264 e. The summed E-state index contributed by atoms with van der Waals surface area (Å²) in [6.07, 6.45) is 0. The summed E-state index contributed by atoms with van der Waals surface area (Å²) in [5.41, 5.74) is 6.69. The lowest BCUT2D eigenvalue weighted by Gasteiger charge is -2.12. The van der Waals surface area contributed by atoms with Crippen LogP contribution in [0.2, 0.25) is 15.1 Å². The number of halogens is 3. The van der Waals surface area contributed by atoms with Crippen LogP contribution in [0, 0.1) is 0 Å². The fourth-order valence-electron chi connectivity index (χ4n) is 1.75. The molecule has 0 spiro atoms. The lowest BCUT2D eigenvalue weighted by molar-refractivity contribution is 0.601. The molecule has 112 valence electrons. The fourth-order valence-corrected chi connectivity index (χ4v) is 4.35. The Balaban J connectivity index is 2.43. The molecular formula is C13H11Cl3N2O2S. The molecule has 0 bridgehead atoms. The third-order valence-corrected chi connectivity index (χ3v) is 5.17. The number of hydrogen-bond donors (Lipinski definition) is 2. The molecule has 0 aliphatic rings. The quantitative estimate of drug-likeness (QED) is 0.863. The molecule has 3 N–H and O–H groups in total. The third kappa shape index (κ3) is 3.81. The molecule has 0 fully saturated rings. The number of nitrogens with one attached hydrogen (secondary N) is 1. The molecule has 0 aromatic heterocycles. The molecule has 0 amide bonds. The van der Waals surface area contributed by atoms with E-state index in [9.17, 15) is 8.42 Å². The molecule has 2 aromatic rings. The molecular weight excluding hydrogens is 355 g/mol. The average molecular weight is 366 g/mol. The van der Waals surface area contributed by atoms with Crippen molar-refractivity contribution in [3.05, 3.63) is 57.0 Å². The second kappa shape index (κ2) is 6.42. The van der Waals surface area contributed by atoms with E-state index in [0.29, 0.717) is 12.2 Å². The highest BCUT2D eigenvalue weighted by Crippen LogP contribution is 2.33. The van der Waals surface area contributed by atoms with Crippen molar-refractivity contribution < 1.29 is 8.42 Å². The summed E-state index contributed by atoms with van der Waals surface area (Å²) < 4.78 is 27.2. The number of nitrogens with two attached hydrogens (primary N) is 1. The van der Waals surface area contributed by atoms with E-state index in [2.05, 4.69) is 4.72 Å². The Morgan fingerprint density at radius 1 is 1.05 bits per heavy atom. The van der Waals surface area contributed by atoms with E-state index in [1.165, 1.54) is 12.1 Å². The van der Waals surface area contributed by atoms with E-state index in [1.807, 2.05) is 0 Å². The molecule has 8 heteroatoms. The molecule has 2 aromatic carbocycles. The monoisotopic (exact) mass is 364 g/mol. The first kappa shape index (κ1) is 16.4. The van der Waals surface area contributed by atoms with Gasteiger partial charge in [0.05, 0.1) is 10.0 Å². The van der Waals surface area contributed by atoms with E-state index in [0.717, 1.165) is 5.56 Å². The largest absolute Gasteiger partial charge is 0.326 e. The highest BCUT2D eigenvalue weighted by molar-refractivity contribution is 7.93. The minimum atomic E-state index is -3.93. The van der Waals surface area contributed by atoms with Crippen molar-refractivity contribution in [3.8, 4) is 0 Å². The zero-order valence-electron chi connectivity index (χ0n) is 10.6. The van der Waals surface area contributed by atoms with Gasteiger partial charge in [0.1, 0.15) is 4.90 Å². The number of anilines is 1. The summed E-state index contributed by atoms with van der Waals surface area (Å²) in [5, 5.41) is 0.166. The van der Waals surface area contributed by atoms with Gasteiger partial charge in [-0.2, -0.15) is 0 Å².